The lowest BCUT2D eigenvalue weighted by Crippen LogP contribution is -2.38. The molecule has 1 aliphatic heterocycles. The Morgan fingerprint density at radius 3 is 1.31 bits per heavy atom. The van der Waals surface area contributed by atoms with E-state index in [0.717, 1.165) is 17.1 Å². The Morgan fingerprint density at radius 2 is 0.792 bits per heavy atom. The van der Waals surface area contributed by atoms with Crippen LogP contribution >= 0.6 is 0 Å². The van der Waals surface area contributed by atoms with Crippen molar-refractivity contribution in [1.82, 2.24) is 4.57 Å². The molecule has 2 aliphatic rings. The molecule has 14 rings (SSSR count). The fourth-order valence-electron chi connectivity index (χ4n) is 12.9. The van der Waals surface area contributed by atoms with Crippen LogP contribution in [0.25, 0.3) is 60.9 Å². The SMILES string of the molecule is Cc1ccc(-n2c3ccccc3c3ccccc32)c2c1C(C)(c1ccccc1)c1cc(N3c4ccc(-c5ccccc5)cc4C(c4ccccc4)(c4ccccc4)c4cc(-c5ccccc5)ccc43)ccc1-2. The van der Waals surface area contributed by atoms with Gasteiger partial charge in [-0.25, -0.2) is 0 Å². The van der Waals surface area contributed by atoms with E-state index in [1.54, 1.807) is 0 Å². The fourth-order valence-corrected chi connectivity index (χ4v) is 12.9. The molecule has 1 unspecified atom stereocenters. The average Bonchev–Trinajstić information content (AvgIpc) is 3.94. The summed E-state index contributed by atoms with van der Waals surface area (Å²) in [5, 5.41) is 2.52. The van der Waals surface area contributed by atoms with Gasteiger partial charge in [-0.2, -0.15) is 0 Å². The molecule has 1 aromatic heterocycles. The molecule has 0 spiro atoms. The zero-order chi connectivity index (χ0) is 48.0. The summed E-state index contributed by atoms with van der Waals surface area (Å²) in [4.78, 5) is 2.56. The largest absolute Gasteiger partial charge is 0.310 e. The molecule has 1 atom stereocenters. The summed E-state index contributed by atoms with van der Waals surface area (Å²) >= 11 is 0. The first kappa shape index (κ1) is 41.9. The molecule has 11 aromatic carbocycles. The molecule has 2 nitrogen and oxygen atoms in total. The Hall–Kier alpha value is -8.98. The molecule has 0 radical (unpaired) electrons. The standard InChI is InChI=1S/C70H50N2/c1-47-36-41-66(72-62-34-20-18-32-56(62)57-33-19-21-35-63(57)72)67-58-40-39-55(46-59(58)69(2,68(47)67)52-26-12-5-13-27-52)71-64-42-37-50(48-22-8-3-9-23-48)44-60(64)70(53-28-14-6-15-29-53,54-30-16-7-17-31-54)61-45-51(38-43-65(61)71)49-24-10-4-11-25-49/h3-46H,1-2H3. The third-order valence-electron chi connectivity index (χ3n) is 16.0. The van der Waals surface area contributed by atoms with Crippen LogP contribution in [0.3, 0.4) is 0 Å². The van der Waals surface area contributed by atoms with E-state index in [4.69, 9.17) is 0 Å². The zero-order valence-electron chi connectivity index (χ0n) is 40.3. The molecule has 0 saturated carbocycles. The Morgan fingerprint density at radius 1 is 0.347 bits per heavy atom. The van der Waals surface area contributed by atoms with Crippen LogP contribution < -0.4 is 4.90 Å². The van der Waals surface area contributed by atoms with Gasteiger partial charge in [0.2, 0.25) is 0 Å². The van der Waals surface area contributed by atoms with Gasteiger partial charge in [-0.15, -0.1) is 0 Å². The van der Waals surface area contributed by atoms with E-state index in [9.17, 15) is 0 Å². The molecule has 0 bridgehead atoms. The van der Waals surface area contributed by atoms with Crippen LogP contribution in [0, 0.1) is 6.92 Å². The van der Waals surface area contributed by atoms with Crippen LogP contribution in [-0.4, -0.2) is 4.57 Å². The second-order valence-electron chi connectivity index (χ2n) is 19.8. The Labute approximate surface area is 421 Å². The maximum absolute atomic E-state index is 2.56. The second-order valence-corrected chi connectivity index (χ2v) is 19.8. The predicted octanol–water partition coefficient (Wildman–Crippen LogP) is 17.9. The van der Waals surface area contributed by atoms with Gasteiger partial charge in [0.1, 0.15) is 0 Å². The molecule has 0 N–H and O–H groups in total. The zero-order valence-corrected chi connectivity index (χ0v) is 40.3. The molecular weight excluding hydrogens is 869 g/mol. The number of aryl methyl sites for hydroxylation is 1. The van der Waals surface area contributed by atoms with Crippen molar-refractivity contribution in [2.24, 2.45) is 0 Å². The summed E-state index contributed by atoms with van der Waals surface area (Å²) in [6.45, 7) is 4.77. The Bertz CT molecular complexity index is 3860. The molecule has 2 heterocycles. The molecule has 340 valence electrons. The maximum atomic E-state index is 2.56. The van der Waals surface area contributed by atoms with Gasteiger partial charge in [-0.1, -0.05) is 212 Å². The number of nitrogens with zero attached hydrogens (tertiary/aromatic N) is 2. The molecule has 2 heteroatoms. The monoisotopic (exact) mass is 918 g/mol. The van der Waals surface area contributed by atoms with E-state index in [1.165, 1.54) is 105 Å². The first-order chi connectivity index (χ1) is 35.5. The van der Waals surface area contributed by atoms with Crippen molar-refractivity contribution in [3.63, 3.8) is 0 Å². The average molecular weight is 919 g/mol. The number of fused-ring (bicyclic) bond motifs is 8. The highest BCUT2D eigenvalue weighted by Gasteiger charge is 2.48. The minimum Gasteiger partial charge on any atom is -0.310 e. The summed E-state index contributed by atoms with van der Waals surface area (Å²) in [5.74, 6) is 0. The molecule has 0 fully saturated rings. The van der Waals surface area contributed by atoms with Crippen LogP contribution in [0.5, 0.6) is 0 Å². The lowest BCUT2D eigenvalue weighted by atomic mass is 9.61. The number of rotatable bonds is 7. The van der Waals surface area contributed by atoms with Crippen LogP contribution in [0.2, 0.25) is 0 Å². The Balaban J connectivity index is 1.08. The van der Waals surface area contributed by atoms with Gasteiger partial charge in [0.05, 0.1) is 33.5 Å². The van der Waals surface area contributed by atoms with Gasteiger partial charge >= 0.3 is 0 Å². The second kappa shape index (κ2) is 16.3. The quantitative estimate of drug-likeness (QED) is 0.155. The highest BCUT2D eigenvalue weighted by Crippen LogP contribution is 2.61. The molecule has 0 amide bonds. The number of hydrogen-bond donors (Lipinski definition) is 0. The predicted molar refractivity (Wildman–Crippen MR) is 300 cm³/mol. The topological polar surface area (TPSA) is 8.17 Å². The van der Waals surface area contributed by atoms with Crippen LogP contribution in [0.4, 0.5) is 17.1 Å². The third-order valence-corrected chi connectivity index (χ3v) is 16.0. The molecular formula is C70H50N2. The number of hydrogen-bond acceptors (Lipinski definition) is 1. The summed E-state index contributed by atoms with van der Waals surface area (Å²) < 4.78 is 2.51. The van der Waals surface area contributed by atoms with Crippen molar-refractivity contribution in [3.8, 4) is 39.1 Å². The number of anilines is 3. The van der Waals surface area contributed by atoms with Crippen LogP contribution in [-0.2, 0) is 10.8 Å². The van der Waals surface area contributed by atoms with E-state index >= 15 is 0 Å². The van der Waals surface area contributed by atoms with Crippen molar-refractivity contribution in [3.05, 3.63) is 311 Å². The van der Waals surface area contributed by atoms with E-state index in [2.05, 4.69) is 290 Å². The van der Waals surface area contributed by atoms with Crippen molar-refractivity contribution < 1.29 is 0 Å². The molecule has 72 heavy (non-hydrogen) atoms. The summed E-state index contributed by atoms with van der Waals surface area (Å²) in [6, 6.07) is 99.5. The van der Waals surface area contributed by atoms with Crippen molar-refractivity contribution >= 4 is 38.9 Å². The third kappa shape index (κ3) is 6.02. The maximum Gasteiger partial charge on any atom is 0.0742 e. The van der Waals surface area contributed by atoms with E-state index < -0.39 is 10.8 Å². The van der Waals surface area contributed by atoms with Gasteiger partial charge in [0.25, 0.3) is 0 Å². The summed E-state index contributed by atoms with van der Waals surface area (Å²) in [6.07, 6.45) is 0. The van der Waals surface area contributed by atoms with Crippen molar-refractivity contribution in [2.75, 3.05) is 4.90 Å². The van der Waals surface area contributed by atoms with E-state index in [0.29, 0.717) is 0 Å². The minimum absolute atomic E-state index is 0.478. The molecule has 0 saturated heterocycles. The van der Waals surface area contributed by atoms with E-state index in [1.807, 2.05) is 0 Å². The molecule has 12 aromatic rings. The van der Waals surface area contributed by atoms with E-state index in [-0.39, 0.29) is 0 Å². The fraction of sp³-hybridized carbons (Fsp3) is 0.0571. The highest BCUT2D eigenvalue weighted by atomic mass is 15.2. The number of para-hydroxylation sites is 2. The Kier molecular flexibility index (Phi) is 9.50. The normalized spacial score (nSPS) is 15.2. The number of aromatic nitrogens is 1. The van der Waals surface area contributed by atoms with Gasteiger partial charge < -0.3 is 9.47 Å². The molecule has 1 aliphatic carbocycles. The van der Waals surface area contributed by atoms with Crippen LogP contribution in [0.1, 0.15) is 51.4 Å². The lowest BCUT2D eigenvalue weighted by Gasteiger charge is -2.47. The van der Waals surface area contributed by atoms with Gasteiger partial charge in [0, 0.05) is 27.4 Å². The highest BCUT2D eigenvalue weighted by molar-refractivity contribution is 6.10. The first-order valence-corrected chi connectivity index (χ1v) is 25.2. The lowest BCUT2D eigenvalue weighted by molar-refractivity contribution is 0.707. The smallest absolute Gasteiger partial charge is 0.0742 e. The van der Waals surface area contributed by atoms with Crippen LogP contribution in [0.15, 0.2) is 267 Å². The summed E-state index contributed by atoms with van der Waals surface area (Å²) in [7, 11) is 0. The first-order valence-electron chi connectivity index (χ1n) is 25.2. The van der Waals surface area contributed by atoms with Crippen molar-refractivity contribution in [2.45, 2.75) is 24.7 Å². The minimum atomic E-state index is -0.681. The van der Waals surface area contributed by atoms with Gasteiger partial charge in [-0.3, -0.25) is 0 Å². The number of benzene rings is 11. The van der Waals surface area contributed by atoms with Gasteiger partial charge in [0.15, 0.2) is 0 Å². The summed E-state index contributed by atoms with van der Waals surface area (Å²) in [5.41, 5.74) is 23.3. The van der Waals surface area contributed by atoms with Crippen molar-refractivity contribution in [1.29, 1.82) is 0 Å². The van der Waals surface area contributed by atoms with Gasteiger partial charge in [-0.05, 0) is 141 Å².